The van der Waals surface area contributed by atoms with Crippen LogP contribution in [0, 0.1) is 10.1 Å². The number of anilines is 2. The van der Waals surface area contributed by atoms with Crippen molar-refractivity contribution in [3.63, 3.8) is 0 Å². The minimum absolute atomic E-state index is 0.00649. The number of amides is 2. The van der Waals surface area contributed by atoms with Crippen molar-refractivity contribution in [2.45, 2.75) is 61.0 Å². The number of sulfonamides is 2. The summed E-state index contributed by atoms with van der Waals surface area (Å²) in [5.41, 5.74) is 2.39. The molecule has 2 aliphatic heterocycles. The smallest absolute Gasteiger partial charge is 0.276 e. The number of non-ortho nitro benzene ring substituents is 1. The first kappa shape index (κ1) is 50.5. The lowest BCUT2D eigenvalue weighted by Crippen LogP contribution is -2.42. The average molecular weight is 1020 g/mol. The van der Waals surface area contributed by atoms with E-state index in [9.17, 15) is 36.5 Å². The SMILES string of the molecule is COc1ccccc1NC1CCN(S(=O)(=O)c2ccc(CNC(=O)c3ccc(Cl)cc3)o2)CC1.O=C(NCc1ccc(S(=O)(=O)N2CCC(Nc3cccc([N+](=O)[O-])c3)CC2)o1)c1ccc(Cl)cc1. The molecule has 0 bridgehead atoms. The molecule has 4 N–H and O–H groups in total. The summed E-state index contributed by atoms with van der Waals surface area (Å²) < 4.78 is 71.4. The number of hydrogen-bond donors (Lipinski definition) is 4. The first-order valence-electron chi connectivity index (χ1n) is 21.7. The Morgan fingerprint density at radius 3 is 1.58 bits per heavy atom. The third kappa shape index (κ3) is 13.2. The van der Waals surface area contributed by atoms with Crippen LogP contribution < -0.4 is 26.0 Å². The van der Waals surface area contributed by atoms with Crippen molar-refractivity contribution in [3.05, 3.63) is 164 Å². The Hall–Kier alpha value is -6.42. The van der Waals surface area contributed by atoms with Gasteiger partial charge < -0.3 is 34.8 Å². The molecule has 0 atom stereocenters. The van der Waals surface area contributed by atoms with Gasteiger partial charge in [-0.3, -0.25) is 19.7 Å². The van der Waals surface area contributed by atoms with Crippen LogP contribution in [-0.2, 0) is 33.1 Å². The molecule has 0 aliphatic carbocycles. The van der Waals surface area contributed by atoms with Crippen LogP contribution in [-0.4, -0.2) is 87.6 Å². The van der Waals surface area contributed by atoms with E-state index in [4.69, 9.17) is 36.8 Å². The maximum absolute atomic E-state index is 13.0. The standard InChI is InChI=1S/C24H26ClN3O5S.C23H23ClN4O6S/c1-32-22-5-3-2-4-21(22)27-19-12-14-28(15-13-19)34(30,31)23-11-10-20(33-23)16-26-24(29)17-6-8-18(25)9-7-17;24-17-6-4-16(5-7-17)23(29)25-15-21-8-9-22(34-21)35(32,33)27-12-10-18(11-13-27)26-19-2-1-3-20(14-19)28(30)31/h2-11,19,27H,12-16H2,1H3,(H,26,29);1-9,14,18,26H,10-13,15H2,(H,25,29). The van der Waals surface area contributed by atoms with Gasteiger partial charge in [0.15, 0.2) is 0 Å². The van der Waals surface area contributed by atoms with E-state index in [2.05, 4.69) is 21.3 Å². The molecule has 2 fully saturated rings. The van der Waals surface area contributed by atoms with Gasteiger partial charge in [0.25, 0.3) is 37.5 Å². The van der Waals surface area contributed by atoms with E-state index in [1.807, 2.05) is 24.3 Å². The minimum Gasteiger partial charge on any atom is -0.495 e. The van der Waals surface area contributed by atoms with E-state index in [0.717, 1.165) is 11.4 Å². The number of carbonyl (C=O) groups is 2. The molecule has 6 aromatic rings. The summed E-state index contributed by atoms with van der Waals surface area (Å²) in [5.74, 6) is 0.786. The topological polar surface area (TPSA) is 236 Å². The van der Waals surface area contributed by atoms with E-state index >= 15 is 0 Å². The maximum atomic E-state index is 13.0. The van der Waals surface area contributed by atoms with E-state index in [1.54, 1.807) is 73.8 Å². The second-order valence-electron chi connectivity index (χ2n) is 16.0. The number of nitro groups is 1. The molecule has 0 unspecified atom stereocenters. The molecule has 2 aromatic heterocycles. The molecule has 0 radical (unpaired) electrons. The van der Waals surface area contributed by atoms with Gasteiger partial charge in [-0.25, -0.2) is 16.8 Å². The van der Waals surface area contributed by atoms with E-state index in [0.29, 0.717) is 77.2 Å². The van der Waals surface area contributed by atoms with Crippen LogP contribution in [0.25, 0.3) is 0 Å². The van der Waals surface area contributed by atoms with Crippen LogP contribution >= 0.6 is 23.2 Å². The number of benzene rings is 4. The molecular weight excluding hydrogens is 974 g/mol. The monoisotopic (exact) mass is 1020 g/mol. The Morgan fingerprint density at radius 1 is 0.652 bits per heavy atom. The summed E-state index contributed by atoms with van der Waals surface area (Å²) in [6, 6.07) is 32.8. The molecule has 364 valence electrons. The Balaban J connectivity index is 0.000000204. The molecule has 2 aliphatic rings. The minimum atomic E-state index is -3.83. The van der Waals surface area contributed by atoms with Gasteiger partial charge >= 0.3 is 0 Å². The number of para-hydroxylation sites is 2. The third-order valence-electron chi connectivity index (χ3n) is 11.3. The fourth-order valence-corrected chi connectivity index (χ4v) is 10.6. The van der Waals surface area contributed by atoms with Crippen LogP contribution in [0.15, 0.2) is 140 Å². The molecule has 4 heterocycles. The lowest BCUT2D eigenvalue weighted by Gasteiger charge is -2.31. The van der Waals surface area contributed by atoms with Gasteiger partial charge in [0.1, 0.15) is 17.3 Å². The van der Waals surface area contributed by atoms with Crippen molar-refractivity contribution in [1.29, 1.82) is 0 Å². The molecule has 0 spiro atoms. The zero-order chi connectivity index (χ0) is 49.1. The van der Waals surface area contributed by atoms with Crippen molar-refractivity contribution < 1.29 is 44.9 Å². The van der Waals surface area contributed by atoms with Crippen molar-refractivity contribution in [2.75, 3.05) is 43.9 Å². The van der Waals surface area contributed by atoms with Gasteiger partial charge in [-0.1, -0.05) is 41.4 Å². The number of rotatable bonds is 16. The van der Waals surface area contributed by atoms with Crippen molar-refractivity contribution >= 4 is 72.1 Å². The number of nitrogens with zero attached hydrogens (tertiary/aromatic N) is 3. The van der Waals surface area contributed by atoms with Crippen LogP contribution in [0.2, 0.25) is 10.0 Å². The molecule has 2 saturated heterocycles. The number of carbonyl (C=O) groups excluding carboxylic acids is 2. The molecular formula is C47H49Cl2N7O11S2. The predicted octanol–water partition coefficient (Wildman–Crippen LogP) is 8.17. The number of nitrogens with one attached hydrogen (secondary N) is 4. The first-order valence-corrected chi connectivity index (χ1v) is 25.4. The molecule has 69 heavy (non-hydrogen) atoms. The van der Waals surface area contributed by atoms with Gasteiger partial charge in [0.05, 0.1) is 30.8 Å². The van der Waals surface area contributed by atoms with Gasteiger partial charge in [0, 0.05) is 77.3 Å². The fourth-order valence-electron chi connectivity index (χ4n) is 7.59. The highest BCUT2D eigenvalue weighted by Gasteiger charge is 2.33. The van der Waals surface area contributed by atoms with Gasteiger partial charge in [0.2, 0.25) is 10.2 Å². The number of furan rings is 2. The molecule has 8 rings (SSSR count). The van der Waals surface area contributed by atoms with Crippen LogP contribution in [0.3, 0.4) is 0 Å². The maximum Gasteiger partial charge on any atom is 0.276 e. The van der Waals surface area contributed by atoms with Crippen molar-refractivity contribution in [2.24, 2.45) is 0 Å². The Morgan fingerprint density at radius 2 is 1.12 bits per heavy atom. The van der Waals surface area contributed by atoms with Crippen LogP contribution in [0.1, 0.15) is 57.9 Å². The summed E-state index contributed by atoms with van der Waals surface area (Å²) >= 11 is 11.7. The molecule has 22 heteroatoms. The summed E-state index contributed by atoms with van der Waals surface area (Å²) in [4.78, 5) is 35.0. The second kappa shape index (κ2) is 22.8. The summed E-state index contributed by atoms with van der Waals surface area (Å²) in [6.45, 7) is 1.40. The average Bonchev–Trinajstić information content (AvgIpc) is 4.06. The lowest BCUT2D eigenvalue weighted by atomic mass is 10.1. The highest BCUT2D eigenvalue weighted by Crippen LogP contribution is 2.29. The normalized spacial score (nSPS) is 15.1. The number of hydrogen-bond acceptors (Lipinski definition) is 13. The zero-order valence-corrected chi connectivity index (χ0v) is 40.3. The van der Waals surface area contributed by atoms with E-state index in [1.165, 1.54) is 38.9 Å². The molecule has 18 nitrogen and oxygen atoms in total. The quantitative estimate of drug-likeness (QED) is 0.0530. The predicted molar refractivity (Wildman–Crippen MR) is 260 cm³/mol. The zero-order valence-electron chi connectivity index (χ0n) is 37.2. The lowest BCUT2D eigenvalue weighted by molar-refractivity contribution is -0.384. The van der Waals surface area contributed by atoms with Crippen molar-refractivity contribution in [3.8, 4) is 5.75 Å². The molecule has 2 amide bonds. The summed E-state index contributed by atoms with van der Waals surface area (Å²) in [7, 11) is -5.97. The summed E-state index contributed by atoms with van der Waals surface area (Å²) in [5, 5.41) is 23.8. The second-order valence-corrected chi connectivity index (χ2v) is 20.6. The molecule has 4 aromatic carbocycles. The highest BCUT2D eigenvalue weighted by atomic mass is 35.5. The number of halogens is 2. The van der Waals surface area contributed by atoms with E-state index < -0.39 is 25.0 Å². The fraction of sp³-hybridized carbons (Fsp3) is 0.277. The largest absolute Gasteiger partial charge is 0.495 e. The Labute approximate surface area is 409 Å². The van der Waals surface area contributed by atoms with Gasteiger partial charge in [-0.2, -0.15) is 8.61 Å². The van der Waals surface area contributed by atoms with Gasteiger partial charge in [-0.05, 0) is 117 Å². The van der Waals surface area contributed by atoms with Crippen LogP contribution in [0.5, 0.6) is 5.75 Å². The Bertz CT molecular complexity index is 2950. The third-order valence-corrected chi connectivity index (χ3v) is 15.4. The summed E-state index contributed by atoms with van der Waals surface area (Å²) in [6.07, 6.45) is 2.38. The first-order chi connectivity index (χ1) is 33.1. The Kier molecular flexibility index (Phi) is 16.7. The highest BCUT2D eigenvalue weighted by molar-refractivity contribution is 7.89. The van der Waals surface area contributed by atoms with Crippen molar-refractivity contribution in [1.82, 2.24) is 19.2 Å². The van der Waals surface area contributed by atoms with E-state index in [-0.39, 0.29) is 65.9 Å². The van der Waals surface area contributed by atoms with Crippen LogP contribution in [0.4, 0.5) is 17.1 Å². The number of ether oxygens (including phenoxy) is 1. The number of methoxy groups -OCH3 is 1. The number of piperidine rings is 2. The van der Waals surface area contributed by atoms with Gasteiger partial charge in [-0.15, -0.1) is 0 Å². The molecule has 0 saturated carbocycles. The number of nitro benzene ring substituents is 1.